The summed E-state index contributed by atoms with van der Waals surface area (Å²) in [6.45, 7) is 0. The minimum atomic E-state index is -4.07. The third-order valence-corrected chi connectivity index (χ3v) is 6.30. The van der Waals surface area contributed by atoms with Gasteiger partial charge in [-0.25, -0.2) is 22.0 Å². The van der Waals surface area contributed by atoms with E-state index < -0.39 is 31.0 Å². The summed E-state index contributed by atoms with van der Waals surface area (Å²) in [6, 6.07) is 0. The number of nitrogens with two attached hydrogens (primary N) is 1. The van der Waals surface area contributed by atoms with E-state index >= 15 is 0 Å². The highest BCUT2D eigenvalue weighted by atomic mass is 32.2. The molecule has 0 spiro atoms. The number of sulfonamides is 1. The van der Waals surface area contributed by atoms with Crippen LogP contribution in [0.4, 0.5) is 5.82 Å². The molecule has 0 aliphatic carbocycles. The molecule has 3 N–H and O–H groups in total. The van der Waals surface area contributed by atoms with Gasteiger partial charge in [0.05, 0.1) is 5.75 Å². The Balaban J connectivity index is 2.28. The fourth-order valence-electron chi connectivity index (χ4n) is 2.21. The summed E-state index contributed by atoms with van der Waals surface area (Å²) in [5.74, 6) is -1.08. The molecule has 1 amide bonds. The Bertz CT molecular complexity index is 765. The van der Waals surface area contributed by atoms with Gasteiger partial charge in [-0.15, -0.1) is 0 Å². The molecule has 1 saturated heterocycles. The van der Waals surface area contributed by atoms with Crippen molar-refractivity contribution in [3.05, 3.63) is 6.20 Å². The molecule has 0 aromatic carbocycles. The van der Waals surface area contributed by atoms with Crippen LogP contribution in [0.2, 0.25) is 0 Å². The van der Waals surface area contributed by atoms with Gasteiger partial charge in [0.25, 0.3) is 0 Å². The molecular weight excluding hydrogens is 320 g/mol. The largest absolute Gasteiger partial charge is 0.307 e. The first kappa shape index (κ1) is 15.9. The topological polar surface area (TPSA) is 141 Å². The van der Waals surface area contributed by atoms with E-state index in [0.717, 1.165) is 6.20 Å². The molecule has 11 heteroatoms. The molecule has 1 fully saturated rings. The van der Waals surface area contributed by atoms with E-state index in [-0.39, 0.29) is 22.9 Å². The summed E-state index contributed by atoms with van der Waals surface area (Å²) in [4.78, 5) is 11.7. The van der Waals surface area contributed by atoms with Crippen LogP contribution in [0.15, 0.2) is 11.1 Å². The number of sulfone groups is 1. The van der Waals surface area contributed by atoms with Crippen molar-refractivity contribution in [2.45, 2.75) is 29.4 Å². The normalized spacial score (nSPS) is 21.9. The maximum atomic E-state index is 12.1. The average Bonchev–Trinajstić information content (AvgIpc) is 2.69. The van der Waals surface area contributed by atoms with Gasteiger partial charge in [-0.2, -0.15) is 5.10 Å². The number of hydrogen-bond donors (Lipinski definition) is 2. The Labute approximate surface area is 122 Å². The maximum Gasteiger partial charge on any atom is 0.243 e. The van der Waals surface area contributed by atoms with Gasteiger partial charge in [0, 0.05) is 13.2 Å². The summed E-state index contributed by atoms with van der Waals surface area (Å²) in [5.41, 5.74) is 0. The molecule has 0 radical (unpaired) electrons. The van der Waals surface area contributed by atoms with Crippen LogP contribution in [0.25, 0.3) is 0 Å². The Kier molecular flexibility index (Phi) is 4.08. The molecule has 1 unspecified atom stereocenters. The minimum absolute atomic E-state index is 0.0463. The number of aromatic nitrogens is 2. The molecule has 1 aromatic heterocycles. The predicted molar refractivity (Wildman–Crippen MR) is 74.6 cm³/mol. The van der Waals surface area contributed by atoms with Crippen LogP contribution < -0.4 is 10.5 Å². The van der Waals surface area contributed by atoms with Crippen LogP contribution in [0.3, 0.4) is 0 Å². The lowest BCUT2D eigenvalue weighted by Gasteiger charge is -2.20. The number of aryl methyl sites for hydroxylation is 1. The quantitative estimate of drug-likeness (QED) is 0.723. The lowest BCUT2D eigenvalue weighted by molar-refractivity contribution is -0.116. The number of nitrogens with one attached hydrogen (secondary N) is 1. The number of carbonyl (C=O) groups excluding carboxylic acids is 1. The summed E-state index contributed by atoms with van der Waals surface area (Å²) in [7, 11) is -6.12. The maximum absolute atomic E-state index is 12.1. The first-order chi connectivity index (χ1) is 9.61. The Hall–Kier alpha value is -1.46. The number of nitrogens with zero attached hydrogens (tertiary/aromatic N) is 2. The molecule has 0 bridgehead atoms. The molecule has 9 nitrogen and oxygen atoms in total. The number of amides is 1. The van der Waals surface area contributed by atoms with Crippen LogP contribution in [0.5, 0.6) is 0 Å². The first-order valence-electron chi connectivity index (χ1n) is 6.20. The van der Waals surface area contributed by atoms with Gasteiger partial charge in [0.1, 0.15) is 10.1 Å². The molecule has 2 heterocycles. The SMILES string of the molecule is Cn1cc(S(N)(=O)=O)c(NC(=O)C2CCCCS2(=O)=O)n1. The van der Waals surface area contributed by atoms with Crippen molar-refractivity contribution >= 4 is 31.6 Å². The molecule has 0 saturated carbocycles. The zero-order chi connectivity index (χ0) is 15.8. The monoisotopic (exact) mass is 336 g/mol. The summed E-state index contributed by atoms with van der Waals surface area (Å²) >= 11 is 0. The highest BCUT2D eigenvalue weighted by Crippen LogP contribution is 2.23. The lowest BCUT2D eigenvalue weighted by atomic mass is 10.2. The summed E-state index contributed by atoms with van der Waals surface area (Å²) in [5, 5.41) is 9.89. The third kappa shape index (κ3) is 3.41. The fourth-order valence-corrected chi connectivity index (χ4v) is 4.67. The van der Waals surface area contributed by atoms with Crippen molar-refractivity contribution in [1.29, 1.82) is 0 Å². The van der Waals surface area contributed by atoms with Crippen molar-refractivity contribution in [1.82, 2.24) is 9.78 Å². The van der Waals surface area contributed by atoms with Gasteiger partial charge in [-0.3, -0.25) is 9.48 Å². The van der Waals surface area contributed by atoms with E-state index in [2.05, 4.69) is 10.4 Å². The minimum Gasteiger partial charge on any atom is -0.307 e. The number of primary sulfonamides is 1. The second-order valence-corrected chi connectivity index (χ2v) is 8.73. The van der Waals surface area contributed by atoms with Crippen LogP contribution in [-0.4, -0.2) is 43.5 Å². The van der Waals surface area contributed by atoms with E-state index in [0.29, 0.717) is 12.8 Å². The second-order valence-electron chi connectivity index (χ2n) is 4.90. The standard InChI is InChI=1S/C10H16N4O5S2/c1-14-6-8(21(11,18)19)9(13-14)12-10(15)7-4-2-3-5-20(7,16)17/h6-7H,2-5H2,1H3,(H2,11,18,19)(H,12,13,15). The van der Waals surface area contributed by atoms with E-state index in [9.17, 15) is 21.6 Å². The summed E-state index contributed by atoms with van der Waals surface area (Å²) in [6.07, 6.45) is 2.51. The van der Waals surface area contributed by atoms with Gasteiger partial charge in [-0.05, 0) is 12.8 Å². The highest BCUT2D eigenvalue weighted by Gasteiger charge is 2.35. The molecule has 1 aliphatic rings. The zero-order valence-corrected chi connectivity index (χ0v) is 12.9. The average molecular weight is 336 g/mol. The third-order valence-electron chi connectivity index (χ3n) is 3.21. The lowest BCUT2D eigenvalue weighted by Crippen LogP contribution is -2.39. The van der Waals surface area contributed by atoms with Gasteiger partial charge < -0.3 is 5.32 Å². The number of anilines is 1. The van der Waals surface area contributed by atoms with Crippen molar-refractivity contribution in [3.8, 4) is 0 Å². The van der Waals surface area contributed by atoms with E-state index in [1.807, 2.05) is 0 Å². The number of carbonyl (C=O) groups is 1. The van der Waals surface area contributed by atoms with Crippen molar-refractivity contribution < 1.29 is 21.6 Å². The second kappa shape index (κ2) is 5.39. The van der Waals surface area contributed by atoms with Crippen LogP contribution in [-0.2, 0) is 31.7 Å². The first-order valence-corrected chi connectivity index (χ1v) is 9.46. The van der Waals surface area contributed by atoms with Gasteiger partial charge in [0.2, 0.25) is 15.9 Å². The molecule has 2 rings (SSSR count). The molecule has 21 heavy (non-hydrogen) atoms. The number of hydrogen-bond acceptors (Lipinski definition) is 6. The fraction of sp³-hybridized carbons (Fsp3) is 0.600. The molecule has 1 aliphatic heterocycles. The highest BCUT2D eigenvalue weighted by molar-refractivity contribution is 7.92. The molecule has 1 aromatic rings. The van der Waals surface area contributed by atoms with Gasteiger partial charge >= 0.3 is 0 Å². The van der Waals surface area contributed by atoms with Gasteiger partial charge in [0.15, 0.2) is 15.7 Å². The van der Waals surface area contributed by atoms with Crippen molar-refractivity contribution in [3.63, 3.8) is 0 Å². The smallest absolute Gasteiger partial charge is 0.243 e. The van der Waals surface area contributed by atoms with E-state index in [1.54, 1.807) is 0 Å². The molecule has 1 atom stereocenters. The Morgan fingerprint density at radius 1 is 1.48 bits per heavy atom. The zero-order valence-electron chi connectivity index (χ0n) is 11.3. The Morgan fingerprint density at radius 3 is 2.71 bits per heavy atom. The molecule has 118 valence electrons. The van der Waals surface area contributed by atoms with Crippen molar-refractivity contribution in [2.75, 3.05) is 11.1 Å². The van der Waals surface area contributed by atoms with Crippen molar-refractivity contribution in [2.24, 2.45) is 12.2 Å². The van der Waals surface area contributed by atoms with Crippen LogP contribution in [0, 0.1) is 0 Å². The Morgan fingerprint density at radius 2 is 2.14 bits per heavy atom. The van der Waals surface area contributed by atoms with E-state index in [1.165, 1.54) is 11.7 Å². The van der Waals surface area contributed by atoms with Crippen LogP contribution >= 0.6 is 0 Å². The molecular formula is C10H16N4O5S2. The number of rotatable bonds is 3. The summed E-state index contributed by atoms with van der Waals surface area (Å²) < 4.78 is 47.7. The van der Waals surface area contributed by atoms with Crippen LogP contribution in [0.1, 0.15) is 19.3 Å². The van der Waals surface area contributed by atoms with E-state index in [4.69, 9.17) is 5.14 Å². The van der Waals surface area contributed by atoms with Gasteiger partial charge in [-0.1, -0.05) is 6.42 Å². The predicted octanol–water partition coefficient (Wildman–Crippen LogP) is -1.03.